The Kier molecular flexibility index (Phi) is 6.72. The van der Waals surface area contributed by atoms with Gasteiger partial charge in [-0.3, -0.25) is 0 Å². The Labute approximate surface area is 114 Å². The second-order valence-corrected chi connectivity index (χ2v) is 6.26. The molecule has 0 spiro atoms. The van der Waals surface area contributed by atoms with Gasteiger partial charge in [0.05, 0.1) is 0 Å². The SMILES string of the molecule is CCC(N)Cc1c(F)cccc1SCCC(C)C. The van der Waals surface area contributed by atoms with Crippen LogP contribution in [0.3, 0.4) is 0 Å². The number of halogens is 1. The zero-order valence-corrected chi connectivity index (χ0v) is 12.4. The standard InChI is InChI=1S/C15H24FNS/c1-4-12(17)10-13-14(16)6-5-7-15(13)18-9-8-11(2)3/h5-7,11-12H,4,8-10,17H2,1-3H3. The van der Waals surface area contributed by atoms with Crippen molar-refractivity contribution in [2.75, 3.05) is 5.75 Å². The summed E-state index contributed by atoms with van der Waals surface area (Å²) in [6, 6.07) is 5.37. The summed E-state index contributed by atoms with van der Waals surface area (Å²) < 4.78 is 13.9. The molecule has 0 bridgehead atoms. The molecule has 1 aromatic rings. The molecule has 1 atom stereocenters. The van der Waals surface area contributed by atoms with Crippen LogP contribution in [-0.2, 0) is 6.42 Å². The number of hydrogen-bond acceptors (Lipinski definition) is 2. The van der Waals surface area contributed by atoms with E-state index in [0.717, 1.165) is 29.1 Å². The molecule has 0 saturated carbocycles. The maximum Gasteiger partial charge on any atom is 0.127 e. The van der Waals surface area contributed by atoms with E-state index in [2.05, 4.69) is 13.8 Å². The summed E-state index contributed by atoms with van der Waals surface area (Å²) in [6.45, 7) is 6.46. The summed E-state index contributed by atoms with van der Waals surface area (Å²) in [5.74, 6) is 1.61. The van der Waals surface area contributed by atoms with Crippen LogP contribution in [0.5, 0.6) is 0 Å². The maximum atomic E-state index is 13.9. The lowest BCUT2D eigenvalue weighted by atomic mass is 10.0. The van der Waals surface area contributed by atoms with Crippen molar-refractivity contribution < 1.29 is 4.39 Å². The van der Waals surface area contributed by atoms with Crippen molar-refractivity contribution in [1.29, 1.82) is 0 Å². The van der Waals surface area contributed by atoms with E-state index in [1.807, 2.05) is 13.0 Å². The highest BCUT2D eigenvalue weighted by Gasteiger charge is 2.12. The minimum absolute atomic E-state index is 0.0475. The molecule has 1 unspecified atom stereocenters. The molecule has 0 amide bonds. The van der Waals surface area contributed by atoms with E-state index in [4.69, 9.17) is 5.73 Å². The largest absolute Gasteiger partial charge is 0.327 e. The second kappa shape index (κ2) is 7.80. The first-order chi connectivity index (χ1) is 8.54. The fourth-order valence-corrected chi connectivity index (χ4v) is 3.02. The van der Waals surface area contributed by atoms with Crippen LogP contribution in [-0.4, -0.2) is 11.8 Å². The Morgan fingerprint density at radius 3 is 2.67 bits per heavy atom. The number of rotatable bonds is 7. The Balaban J connectivity index is 2.73. The van der Waals surface area contributed by atoms with E-state index in [1.54, 1.807) is 17.8 Å². The molecule has 0 aliphatic heterocycles. The van der Waals surface area contributed by atoms with Gasteiger partial charge in [-0.05, 0) is 43.1 Å². The van der Waals surface area contributed by atoms with E-state index >= 15 is 0 Å². The molecule has 3 heteroatoms. The number of thioether (sulfide) groups is 1. The summed E-state index contributed by atoms with van der Waals surface area (Å²) in [5.41, 5.74) is 6.74. The predicted octanol–water partition coefficient (Wildman–Crippen LogP) is 4.24. The first-order valence-electron chi connectivity index (χ1n) is 6.70. The molecule has 0 fully saturated rings. The lowest BCUT2D eigenvalue weighted by molar-refractivity contribution is 0.571. The molecule has 1 nitrogen and oxygen atoms in total. The summed E-state index contributed by atoms with van der Waals surface area (Å²) in [6.07, 6.45) is 2.66. The van der Waals surface area contributed by atoms with Crippen LogP contribution in [0.25, 0.3) is 0 Å². The second-order valence-electron chi connectivity index (χ2n) is 5.12. The summed E-state index contributed by atoms with van der Waals surface area (Å²) in [5, 5.41) is 0. The van der Waals surface area contributed by atoms with Crippen molar-refractivity contribution in [1.82, 2.24) is 0 Å². The molecule has 1 rings (SSSR count). The molecular weight excluding hydrogens is 245 g/mol. The third kappa shape index (κ3) is 4.99. The molecule has 0 aliphatic rings. The first kappa shape index (κ1) is 15.5. The maximum absolute atomic E-state index is 13.9. The van der Waals surface area contributed by atoms with E-state index in [-0.39, 0.29) is 11.9 Å². The molecule has 0 aliphatic carbocycles. The van der Waals surface area contributed by atoms with Crippen LogP contribution in [0.4, 0.5) is 4.39 Å². The average Bonchev–Trinajstić information content (AvgIpc) is 2.32. The summed E-state index contributed by atoms with van der Waals surface area (Å²) in [7, 11) is 0. The van der Waals surface area contributed by atoms with Crippen LogP contribution in [0.1, 0.15) is 39.2 Å². The van der Waals surface area contributed by atoms with E-state index in [9.17, 15) is 4.39 Å². The van der Waals surface area contributed by atoms with Crippen LogP contribution >= 0.6 is 11.8 Å². The van der Waals surface area contributed by atoms with Crippen LogP contribution < -0.4 is 5.73 Å². The topological polar surface area (TPSA) is 26.0 Å². The van der Waals surface area contributed by atoms with Crippen molar-refractivity contribution in [3.63, 3.8) is 0 Å². The van der Waals surface area contributed by atoms with Gasteiger partial charge < -0.3 is 5.73 Å². The van der Waals surface area contributed by atoms with Gasteiger partial charge in [-0.2, -0.15) is 0 Å². The number of hydrogen-bond donors (Lipinski definition) is 1. The van der Waals surface area contributed by atoms with Gasteiger partial charge in [-0.25, -0.2) is 4.39 Å². The molecule has 2 N–H and O–H groups in total. The third-order valence-electron chi connectivity index (χ3n) is 3.02. The van der Waals surface area contributed by atoms with Crippen LogP contribution in [0, 0.1) is 11.7 Å². The fraction of sp³-hybridized carbons (Fsp3) is 0.600. The zero-order chi connectivity index (χ0) is 13.5. The predicted molar refractivity (Wildman–Crippen MR) is 78.5 cm³/mol. The monoisotopic (exact) mass is 269 g/mol. The Bertz CT molecular complexity index is 366. The van der Waals surface area contributed by atoms with Crippen LogP contribution in [0.2, 0.25) is 0 Å². The van der Waals surface area contributed by atoms with Crippen LogP contribution in [0.15, 0.2) is 23.1 Å². The van der Waals surface area contributed by atoms with E-state index < -0.39 is 0 Å². The van der Waals surface area contributed by atoms with Gasteiger partial charge in [0.1, 0.15) is 5.82 Å². The molecular formula is C15H24FNS. The molecule has 0 radical (unpaired) electrons. The van der Waals surface area contributed by atoms with Gasteiger partial charge in [-0.1, -0.05) is 26.8 Å². The molecule has 0 aromatic heterocycles. The highest BCUT2D eigenvalue weighted by molar-refractivity contribution is 7.99. The smallest absolute Gasteiger partial charge is 0.127 e. The average molecular weight is 269 g/mol. The summed E-state index contributed by atoms with van der Waals surface area (Å²) >= 11 is 1.75. The van der Waals surface area contributed by atoms with Gasteiger partial charge in [0, 0.05) is 16.5 Å². The normalized spacial score (nSPS) is 13.0. The minimum atomic E-state index is -0.117. The van der Waals surface area contributed by atoms with Gasteiger partial charge in [0.15, 0.2) is 0 Å². The van der Waals surface area contributed by atoms with Gasteiger partial charge >= 0.3 is 0 Å². The highest BCUT2D eigenvalue weighted by atomic mass is 32.2. The Morgan fingerprint density at radius 2 is 2.06 bits per heavy atom. The Morgan fingerprint density at radius 1 is 1.33 bits per heavy atom. The molecule has 0 heterocycles. The lowest BCUT2D eigenvalue weighted by Crippen LogP contribution is -2.22. The molecule has 18 heavy (non-hydrogen) atoms. The third-order valence-corrected chi connectivity index (χ3v) is 4.15. The minimum Gasteiger partial charge on any atom is -0.327 e. The van der Waals surface area contributed by atoms with Crippen molar-refractivity contribution >= 4 is 11.8 Å². The first-order valence-corrected chi connectivity index (χ1v) is 7.68. The van der Waals surface area contributed by atoms with Crippen molar-refractivity contribution in [2.45, 2.75) is 51.0 Å². The molecule has 102 valence electrons. The van der Waals surface area contributed by atoms with E-state index in [1.165, 1.54) is 6.07 Å². The van der Waals surface area contributed by atoms with Crippen molar-refractivity contribution in [2.24, 2.45) is 11.7 Å². The van der Waals surface area contributed by atoms with Crippen molar-refractivity contribution in [3.8, 4) is 0 Å². The molecule has 0 saturated heterocycles. The van der Waals surface area contributed by atoms with Gasteiger partial charge in [0.2, 0.25) is 0 Å². The quantitative estimate of drug-likeness (QED) is 0.749. The summed E-state index contributed by atoms with van der Waals surface area (Å²) in [4.78, 5) is 1.06. The number of nitrogens with two attached hydrogens (primary N) is 1. The fourth-order valence-electron chi connectivity index (χ4n) is 1.68. The lowest BCUT2D eigenvalue weighted by Gasteiger charge is -2.14. The Hall–Kier alpha value is -0.540. The van der Waals surface area contributed by atoms with Gasteiger partial charge in [-0.15, -0.1) is 11.8 Å². The van der Waals surface area contributed by atoms with E-state index in [0.29, 0.717) is 12.3 Å². The van der Waals surface area contributed by atoms with Crippen molar-refractivity contribution in [3.05, 3.63) is 29.6 Å². The molecule has 1 aromatic carbocycles. The zero-order valence-electron chi connectivity index (χ0n) is 11.6. The number of benzene rings is 1. The van der Waals surface area contributed by atoms with Gasteiger partial charge in [0.25, 0.3) is 0 Å². The highest BCUT2D eigenvalue weighted by Crippen LogP contribution is 2.27.